The normalized spacial score (nSPS) is 25.5. The van der Waals surface area contributed by atoms with E-state index < -0.39 is 0 Å². The van der Waals surface area contributed by atoms with E-state index in [2.05, 4.69) is 12.2 Å². The summed E-state index contributed by atoms with van der Waals surface area (Å²) in [6.45, 7) is 2.29. The zero-order chi connectivity index (χ0) is 10.8. The monoisotopic (exact) mass is 243 g/mol. The van der Waals surface area contributed by atoms with Crippen molar-refractivity contribution in [3.63, 3.8) is 0 Å². The van der Waals surface area contributed by atoms with Gasteiger partial charge in [0.1, 0.15) is 0 Å². The molecule has 1 aromatic carbocycles. The van der Waals surface area contributed by atoms with Crippen LogP contribution in [0.2, 0.25) is 10.0 Å². The van der Waals surface area contributed by atoms with Gasteiger partial charge in [-0.15, -0.1) is 0 Å². The third kappa shape index (κ3) is 2.79. The first kappa shape index (κ1) is 11.1. The van der Waals surface area contributed by atoms with Gasteiger partial charge in [0.25, 0.3) is 0 Å². The molecule has 0 heterocycles. The first-order valence-electron chi connectivity index (χ1n) is 5.38. The van der Waals surface area contributed by atoms with Gasteiger partial charge in [0.05, 0.1) is 0 Å². The summed E-state index contributed by atoms with van der Waals surface area (Å²) < 4.78 is 0. The van der Waals surface area contributed by atoms with Crippen molar-refractivity contribution in [1.29, 1.82) is 0 Å². The van der Waals surface area contributed by atoms with Crippen LogP contribution in [0, 0.1) is 5.92 Å². The van der Waals surface area contributed by atoms with E-state index in [0.29, 0.717) is 16.1 Å². The minimum atomic E-state index is 0.569. The topological polar surface area (TPSA) is 12.0 Å². The Balaban J connectivity index is 2.10. The Morgan fingerprint density at radius 2 is 1.80 bits per heavy atom. The fourth-order valence-corrected chi connectivity index (χ4v) is 2.74. The van der Waals surface area contributed by atoms with E-state index in [9.17, 15) is 0 Å². The summed E-state index contributed by atoms with van der Waals surface area (Å²) in [6.07, 6.45) is 3.87. The number of hydrogen-bond acceptors (Lipinski definition) is 1. The van der Waals surface area contributed by atoms with E-state index in [1.54, 1.807) is 6.07 Å². The van der Waals surface area contributed by atoms with E-state index in [1.807, 2.05) is 12.1 Å². The van der Waals surface area contributed by atoms with E-state index in [1.165, 1.54) is 19.3 Å². The Labute approximate surface area is 101 Å². The smallest absolute Gasteiger partial charge is 0.0441 e. The van der Waals surface area contributed by atoms with E-state index in [0.717, 1.165) is 11.6 Å². The van der Waals surface area contributed by atoms with Crippen LogP contribution >= 0.6 is 23.2 Å². The van der Waals surface area contributed by atoms with Crippen molar-refractivity contribution in [2.24, 2.45) is 5.92 Å². The first-order valence-corrected chi connectivity index (χ1v) is 6.13. The molecule has 1 fully saturated rings. The van der Waals surface area contributed by atoms with Gasteiger partial charge in [-0.05, 0) is 37.0 Å². The number of hydrogen-bond donors (Lipinski definition) is 1. The highest BCUT2D eigenvalue weighted by atomic mass is 35.5. The van der Waals surface area contributed by atoms with Crippen LogP contribution < -0.4 is 5.32 Å². The molecule has 15 heavy (non-hydrogen) atoms. The number of nitrogens with one attached hydrogen (secondary N) is 1. The van der Waals surface area contributed by atoms with Crippen LogP contribution in [0.3, 0.4) is 0 Å². The zero-order valence-electron chi connectivity index (χ0n) is 8.76. The van der Waals surface area contributed by atoms with Gasteiger partial charge < -0.3 is 5.32 Å². The average molecular weight is 244 g/mol. The molecule has 2 rings (SSSR count). The van der Waals surface area contributed by atoms with Crippen molar-refractivity contribution < 1.29 is 0 Å². The summed E-state index contributed by atoms with van der Waals surface area (Å²) in [5.74, 6) is 0.739. The van der Waals surface area contributed by atoms with Crippen molar-refractivity contribution in [3.8, 4) is 0 Å². The van der Waals surface area contributed by atoms with Gasteiger partial charge >= 0.3 is 0 Å². The summed E-state index contributed by atoms with van der Waals surface area (Å²) >= 11 is 11.9. The van der Waals surface area contributed by atoms with Crippen LogP contribution in [0.15, 0.2) is 18.2 Å². The molecule has 1 aliphatic carbocycles. The van der Waals surface area contributed by atoms with Crippen molar-refractivity contribution in [2.45, 2.75) is 32.2 Å². The number of halogens is 2. The lowest BCUT2D eigenvalue weighted by atomic mass is 10.1. The van der Waals surface area contributed by atoms with E-state index >= 15 is 0 Å². The second kappa shape index (κ2) is 4.63. The van der Waals surface area contributed by atoms with Gasteiger partial charge in [0, 0.05) is 21.8 Å². The van der Waals surface area contributed by atoms with Gasteiger partial charge in [0.2, 0.25) is 0 Å². The second-order valence-corrected chi connectivity index (χ2v) is 5.19. The molecule has 0 saturated heterocycles. The number of rotatable bonds is 2. The fourth-order valence-electron chi connectivity index (χ4n) is 2.21. The summed E-state index contributed by atoms with van der Waals surface area (Å²) in [7, 11) is 0. The number of benzene rings is 1. The molecule has 0 radical (unpaired) electrons. The minimum absolute atomic E-state index is 0.569. The van der Waals surface area contributed by atoms with Gasteiger partial charge in [0.15, 0.2) is 0 Å². The molecular formula is C12H15Cl2N. The Bertz CT molecular complexity index is 331. The van der Waals surface area contributed by atoms with Crippen molar-refractivity contribution >= 4 is 28.9 Å². The lowest BCUT2D eigenvalue weighted by Crippen LogP contribution is -2.21. The van der Waals surface area contributed by atoms with E-state index in [4.69, 9.17) is 23.2 Å². The fraction of sp³-hybridized carbons (Fsp3) is 0.500. The molecule has 82 valence electrons. The highest BCUT2D eigenvalue weighted by Crippen LogP contribution is 2.30. The van der Waals surface area contributed by atoms with Crippen molar-refractivity contribution in [2.75, 3.05) is 5.32 Å². The van der Waals surface area contributed by atoms with Gasteiger partial charge in [-0.25, -0.2) is 0 Å². The van der Waals surface area contributed by atoms with Crippen molar-refractivity contribution in [1.82, 2.24) is 0 Å². The van der Waals surface area contributed by atoms with Crippen LogP contribution in [0.1, 0.15) is 26.2 Å². The molecule has 2 unspecified atom stereocenters. The van der Waals surface area contributed by atoms with E-state index in [-0.39, 0.29) is 0 Å². The maximum Gasteiger partial charge on any atom is 0.0441 e. The summed E-state index contributed by atoms with van der Waals surface area (Å²) in [5, 5.41) is 4.88. The molecule has 1 aromatic rings. The summed E-state index contributed by atoms with van der Waals surface area (Å²) in [5.41, 5.74) is 1.03. The van der Waals surface area contributed by atoms with Crippen LogP contribution in [0.5, 0.6) is 0 Å². The van der Waals surface area contributed by atoms with Gasteiger partial charge in [-0.3, -0.25) is 0 Å². The SMILES string of the molecule is CC1CCCC1Nc1cc(Cl)cc(Cl)c1. The molecule has 0 bridgehead atoms. The number of anilines is 1. The molecule has 1 aliphatic rings. The Morgan fingerprint density at radius 1 is 1.13 bits per heavy atom. The predicted octanol–water partition coefficient (Wildman–Crippen LogP) is 4.59. The largest absolute Gasteiger partial charge is 0.382 e. The third-order valence-corrected chi connectivity index (χ3v) is 3.51. The Kier molecular flexibility index (Phi) is 3.42. The quantitative estimate of drug-likeness (QED) is 0.801. The van der Waals surface area contributed by atoms with Crippen LogP contribution in [-0.2, 0) is 0 Å². The van der Waals surface area contributed by atoms with Crippen LogP contribution in [0.25, 0.3) is 0 Å². The van der Waals surface area contributed by atoms with Crippen LogP contribution in [-0.4, -0.2) is 6.04 Å². The average Bonchev–Trinajstić information content (AvgIpc) is 2.50. The molecule has 0 amide bonds. The molecule has 1 N–H and O–H groups in total. The van der Waals surface area contributed by atoms with Gasteiger partial charge in [-0.2, -0.15) is 0 Å². The maximum atomic E-state index is 5.95. The Morgan fingerprint density at radius 3 is 2.33 bits per heavy atom. The molecule has 3 heteroatoms. The third-order valence-electron chi connectivity index (χ3n) is 3.08. The maximum absolute atomic E-state index is 5.95. The molecule has 0 aliphatic heterocycles. The zero-order valence-corrected chi connectivity index (χ0v) is 10.3. The standard InChI is InChI=1S/C12H15Cl2N/c1-8-3-2-4-12(8)15-11-6-9(13)5-10(14)7-11/h5-8,12,15H,2-4H2,1H3. The summed E-state index contributed by atoms with van der Waals surface area (Å²) in [4.78, 5) is 0. The molecule has 0 aromatic heterocycles. The highest BCUT2D eigenvalue weighted by molar-refractivity contribution is 6.35. The minimum Gasteiger partial charge on any atom is -0.382 e. The predicted molar refractivity (Wildman–Crippen MR) is 66.9 cm³/mol. The Hall–Kier alpha value is -0.400. The lowest BCUT2D eigenvalue weighted by Gasteiger charge is -2.18. The molecular weight excluding hydrogens is 229 g/mol. The van der Waals surface area contributed by atoms with Crippen LogP contribution in [0.4, 0.5) is 5.69 Å². The van der Waals surface area contributed by atoms with Gasteiger partial charge in [-0.1, -0.05) is 36.5 Å². The molecule has 1 saturated carbocycles. The first-order chi connectivity index (χ1) is 7.15. The molecule has 2 atom stereocenters. The molecule has 0 spiro atoms. The highest BCUT2D eigenvalue weighted by Gasteiger charge is 2.22. The van der Waals surface area contributed by atoms with Crippen molar-refractivity contribution in [3.05, 3.63) is 28.2 Å². The molecule has 1 nitrogen and oxygen atoms in total. The summed E-state index contributed by atoms with van der Waals surface area (Å²) in [6, 6.07) is 6.18. The lowest BCUT2D eigenvalue weighted by molar-refractivity contribution is 0.556. The second-order valence-electron chi connectivity index (χ2n) is 4.32.